The van der Waals surface area contributed by atoms with Crippen molar-refractivity contribution in [3.05, 3.63) is 60.2 Å². The van der Waals surface area contributed by atoms with E-state index in [9.17, 15) is 81.8 Å². The average Bonchev–Trinajstić information content (AvgIpc) is 1.78. The molecule has 0 spiro atoms. The lowest BCUT2D eigenvalue weighted by Gasteiger charge is -2.23. The predicted octanol–water partition coefficient (Wildman–Crippen LogP) is 0.817. The molecule has 0 aliphatic carbocycles. The van der Waals surface area contributed by atoms with Crippen molar-refractivity contribution in [1.82, 2.24) is 41.7 Å². The number of benzene rings is 1. The molecule has 0 fully saturated rings. The van der Waals surface area contributed by atoms with Crippen LogP contribution in [-0.2, 0) is 159 Å². The van der Waals surface area contributed by atoms with Crippen molar-refractivity contribution in [3.63, 3.8) is 0 Å². The fourth-order valence-corrected chi connectivity index (χ4v) is 11.5. The van der Waals surface area contributed by atoms with Crippen molar-refractivity contribution in [2.75, 3.05) is 251 Å². The molecule has 3 rings (SSSR count). The van der Waals surface area contributed by atoms with Gasteiger partial charge in [-0.2, -0.15) is 0 Å². The quantitative estimate of drug-likeness (QED) is 0.0350. The minimum atomic E-state index is -1.18. The van der Waals surface area contributed by atoms with Crippen molar-refractivity contribution in [3.8, 4) is 0 Å². The SMILES string of the molecule is CC(C)C(=O)CNC(=O)[C@H](Cc1ccccc1)NC(=O)CNC(=O)CCC(=O)CCOCCOCCOCCOCCOCCOCCOCCOCCNC(=O)CCN1C(=O)C=CC1=O.CC(C)C(=O)[C@H](C)CC(=O)[C@@H](NC(=O)CCC(CC(=O)CCOCCOCCOCCOCCOCCOCCOCCOCCNC(=O)CCN1C(=O)C=CC1=O)C(=O)O)C(C)C. The molecule has 1 aromatic carbocycles. The van der Waals surface area contributed by atoms with Gasteiger partial charge in [0.15, 0.2) is 11.6 Å². The lowest BCUT2D eigenvalue weighted by atomic mass is 9.88. The summed E-state index contributed by atoms with van der Waals surface area (Å²) in [6, 6.07) is 7.34. The molecule has 2 aliphatic heterocycles. The predicted molar refractivity (Wildman–Crippen MR) is 467 cm³/mol. The van der Waals surface area contributed by atoms with Gasteiger partial charge in [-0.3, -0.25) is 86.5 Å². The first-order valence-electron chi connectivity index (χ1n) is 44.5. The number of carbonyl (C=O) groups excluding carboxylic acids is 15. The average molecular weight is 1850 g/mol. The lowest BCUT2D eigenvalue weighted by molar-refractivity contribution is -0.144. The van der Waals surface area contributed by atoms with Gasteiger partial charge in [-0.15, -0.1) is 0 Å². The number of nitrogens with zero attached hydrogens (tertiary/aromatic N) is 2. The van der Waals surface area contributed by atoms with Crippen LogP contribution in [0.4, 0.5) is 0 Å². The van der Waals surface area contributed by atoms with Crippen molar-refractivity contribution in [2.45, 2.75) is 131 Å². The van der Waals surface area contributed by atoms with Crippen LogP contribution in [0, 0.1) is 29.6 Å². The largest absolute Gasteiger partial charge is 0.481 e. The van der Waals surface area contributed by atoms with Gasteiger partial charge in [0.1, 0.15) is 23.4 Å². The minimum absolute atomic E-state index is 0.0112. The molecule has 2 heterocycles. The van der Waals surface area contributed by atoms with Crippen LogP contribution >= 0.6 is 0 Å². The molecule has 0 aromatic heterocycles. The van der Waals surface area contributed by atoms with Gasteiger partial charge < -0.3 is 113 Å². The summed E-state index contributed by atoms with van der Waals surface area (Å²) in [5, 5.41) is 25.3. The molecule has 7 N–H and O–H groups in total. The normalized spacial score (nSPS) is 13.3. The smallest absolute Gasteiger partial charge is 0.306 e. The molecule has 0 bridgehead atoms. The maximum Gasteiger partial charge on any atom is 0.306 e. The van der Waals surface area contributed by atoms with Crippen LogP contribution in [0.3, 0.4) is 0 Å². The molecule has 41 nitrogen and oxygen atoms in total. The zero-order valence-electron chi connectivity index (χ0n) is 76.8. The van der Waals surface area contributed by atoms with E-state index in [4.69, 9.17) is 75.8 Å². The molecule has 736 valence electrons. The number of rotatable bonds is 85. The third-order valence-electron chi connectivity index (χ3n) is 18.8. The third kappa shape index (κ3) is 62.3. The van der Waals surface area contributed by atoms with Gasteiger partial charge in [0.05, 0.1) is 236 Å². The molecule has 2 aliphatic rings. The highest BCUT2D eigenvalue weighted by Gasteiger charge is 2.31. The summed E-state index contributed by atoms with van der Waals surface area (Å²) in [4.78, 5) is 195. The Morgan fingerprint density at radius 1 is 0.338 bits per heavy atom. The van der Waals surface area contributed by atoms with Gasteiger partial charge >= 0.3 is 5.97 Å². The summed E-state index contributed by atoms with van der Waals surface area (Å²) in [6.07, 6.45) is 4.58. The van der Waals surface area contributed by atoms with Gasteiger partial charge in [-0.05, 0) is 17.9 Å². The van der Waals surface area contributed by atoms with Gasteiger partial charge in [0.25, 0.3) is 23.6 Å². The van der Waals surface area contributed by atoms with E-state index in [-0.39, 0.29) is 182 Å². The second kappa shape index (κ2) is 76.5. The second-order valence-electron chi connectivity index (χ2n) is 30.5. The number of Topliss-reactive ketones (excluding diaryl/α,β-unsaturated/α-hetero) is 5. The first kappa shape index (κ1) is 117. The Morgan fingerprint density at radius 2 is 0.692 bits per heavy atom. The summed E-state index contributed by atoms with van der Waals surface area (Å²) in [6.45, 7) is 24.0. The van der Waals surface area contributed by atoms with Crippen LogP contribution in [0.2, 0.25) is 0 Å². The monoisotopic (exact) mass is 1850 g/mol. The number of ketones is 5. The van der Waals surface area contributed by atoms with E-state index in [0.29, 0.717) is 198 Å². The number of hydrogen-bond acceptors (Lipinski definition) is 32. The summed E-state index contributed by atoms with van der Waals surface area (Å²) < 4.78 is 87.1. The minimum Gasteiger partial charge on any atom is -0.481 e. The highest BCUT2D eigenvalue weighted by atomic mass is 16.6. The Labute approximate surface area is 761 Å². The van der Waals surface area contributed by atoms with Crippen LogP contribution < -0.4 is 31.9 Å². The Morgan fingerprint density at radius 3 is 1.05 bits per heavy atom. The maximum absolute atomic E-state index is 12.9. The number of amides is 10. The molecule has 0 saturated heterocycles. The summed E-state index contributed by atoms with van der Waals surface area (Å²) in [5.74, 6) is -8.48. The zero-order chi connectivity index (χ0) is 95.6. The van der Waals surface area contributed by atoms with Crippen LogP contribution in [0.25, 0.3) is 0 Å². The van der Waals surface area contributed by atoms with E-state index in [0.717, 1.165) is 15.4 Å². The fraction of sp³-hybridized carbons (Fsp3) is 0.708. The highest BCUT2D eigenvalue weighted by molar-refractivity contribution is 6.13. The van der Waals surface area contributed by atoms with E-state index in [1.807, 2.05) is 30.3 Å². The van der Waals surface area contributed by atoms with Gasteiger partial charge in [-0.1, -0.05) is 78.8 Å². The van der Waals surface area contributed by atoms with E-state index in [2.05, 4.69) is 31.9 Å². The Bertz CT molecular complexity index is 3480. The number of hydrogen-bond donors (Lipinski definition) is 7. The van der Waals surface area contributed by atoms with E-state index in [1.165, 1.54) is 24.3 Å². The van der Waals surface area contributed by atoms with Crippen molar-refractivity contribution in [2.24, 2.45) is 29.6 Å². The first-order valence-corrected chi connectivity index (χ1v) is 44.5. The number of aliphatic carboxylic acids is 1. The molecule has 130 heavy (non-hydrogen) atoms. The first-order chi connectivity index (χ1) is 62.6. The van der Waals surface area contributed by atoms with E-state index in [1.54, 1.807) is 48.5 Å². The number of carboxylic acids is 1. The maximum atomic E-state index is 12.9. The molecule has 10 amide bonds. The topological polar surface area (TPSA) is 520 Å². The van der Waals surface area contributed by atoms with E-state index < -0.39 is 77.1 Å². The highest BCUT2D eigenvalue weighted by Crippen LogP contribution is 2.18. The van der Waals surface area contributed by atoms with Crippen LogP contribution in [0.15, 0.2) is 54.6 Å². The standard InChI is InChI=1S/C45H69N5O16.C44H73N3O17/c1-35(2)39(52)33-48-45(58)38(32-36-6-4-3-5-7-36)49-42(55)34-47-40(53)9-8-37(51)13-16-59-18-20-61-22-24-63-26-28-65-30-31-66-29-27-64-25-23-62-21-19-60-17-14-46-41(54)12-15-50-43(56)10-11-44(50)57;1-32(2)42(37(49)30-34(5)43(54)33(3)4)46-39(51)7-6-35(44(55)56)31-36(48)11-14-57-16-18-59-20-22-61-24-26-63-28-29-64-27-25-62-23-21-60-19-17-58-15-12-45-38(50)10-13-47-40(52)8-9-41(47)53/h3-7,10-11,35,38H,8-9,12-34H2,1-2H3,(H,46,54)(H,47,53)(H,48,58)(H,49,55);8-9,32-35,42H,6-7,10-31H2,1-5H3,(H,45,50)(H,46,51)(H,55,56)/t38-;34-,35?,42+/m01/s1. The van der Waals surface area contributed by atoms with Gasteiger partial charge in [-0.25, -0.2) is 0 Å². The summed E-state index contributed by atoms with van der Waals surface area (Å²) in [7, 11) is 0. The second-order valence-corrected chi connectivity index (χ2v) is 30.5. The summed E-state index contributed by atoms with van der Waals surface area (Å²) in [5.41, 5.74) is 0.809. The van der Waals surface area contributed by atoms with Crippen LogP contribution in [0.5, 0.6) is 0 Å². The molecule has 1 aromatic rings. The molecular formula is C89H142N8O33. The Hall–Kier alpha value is -9.02. The molecule has 41 heteroatoms. The van der Waals surface area contributed by atoms with Crippen molar-refractivity contribution < 1.29 is 158 Å². The van der Waals surface area contributed by atoms with Crippen molar-refractivity contribution >= 4 is 94.0 Å². The van der Waals surface area contributed by atoms with Gasteiger partial charge in [0.2, 0.25) is 35.4 Å². The molecule has 4 atom stereocenters. The number of imide groups is 2. The molecular weight excluding hydrogens is 1710 g/mol. The lowest BCUT2D eigenvalue weighted by Crippen LogP contribution is -2.51. The van der Waals surface area contributed by atoms with Crippen LogP contribution in [0.1, 0.15) is 118 Å². The number of nitrogens with one attached hydrogen (secondary N) is 6. The summed E-state index contributed by atoms with van der Waals surface area (Å²) >= 11 is 0. The number of carbonyl (C=O) groups is 16. The molecule has 0 saturated carbocycles. The third-order valence-corrected chi connectivity index (χ3v) is 18.8. The number of carboxylic acid groups (broad SMARTS) is 1. The van der Waals surface area contributed by atoms with Crippen LogP contribution in [-0.4, -0.2) is 372 Å². The zero-order valence-corrected chi connectivity index (χ0v) is 76.8. The van der Waals surface area contributed by atoms with Crippen molar-refractivity contribution in [1.29, 1.82) is 0 Å². The Kier molecular flexibility index (Phi) is 68.9. The fourth-order valence-electron chi connectivity index (χ4n) is 11.5. The van der Waals surface area contributed by atoms with E-state index >= 15 is 0 Å². The Balaban J connectivity index is 0.000000881. The molecule has 1 unspecified atom stereocenters. The van der Waals surface area contributed by atoms with Gasteiger partial charge in [0, 0.05) is 132 Å². The molecule has 0 radical (unpaired) electrons. The number of ether oxygens (including phenoxy) is 16.